The van der Waals surface area contributed by atoms with Crippen LogP contribution in [0.4, 0.5) is 0 Å². The summed E-state index contributed by atoms with van der Waals surface area (Å²) in [5.74, 6) is 0.716. The van der Waals surface area contributed by atoms with Crippen LogP contribution >= 0.6 is 11.6 Å². The van der Waals surface area contributed by atoms with Gasteiger partial charge >= 0.3 is 0 Å². The Bertz CT molecular complexity index is 345. The molecular formula is C15H24ClNO3. The highest BCUT2D eigenvalue weighted by Crippen LogP contribution is 2.15. The third-order valence-corrected chi connectivity index (χ3v) is 3.09. The summed E-state index contributed by atoms with van der Waals surface area (Å²) in [6.07, 6.45) is 2.80. The largest absolute Gasteiger partial charge is 0.491 e. The lowest BCUT2D eigenvalue weighted by molar-refractivity contribution is 0.106. The monoisotopic (exact) mass is 301 g/mol. The Morgan fingerprint density at radius 2 is 1.95 bits per heavy atom. The van der Waals surface area contributed by atoms with Crippen LogP contribution in [0.5, 0.6) is 5.75 Å². The normalized spacial score (nSPS) is 12.3. The number of hydrogen-bond donors (Lipinski definition) is 2. The Labute approximate surface area is 126 Å². The second kappa shape index (κ2) is 10.9. The highest BCUT2D eigenvalue weighted by Gasteiger charge is 2.04. The molecule has 2 N–H and O–H groups in total. The van der Waals surface area contributed by atoms with E-state index < -0.39 is 6.10 Å². The highest BCUT2D eigenvalue weighted by molar-refractivity contribution is 6.30. The van der Waals surface area contributed by atoms with Crippen LogP contribution < -0.4 is 10.1 Å². The number of halogens is 1. The molecule has 114 valence electrons. The molecule has 0 aliphatic heterocycles. The van der Waals surface area contributed by atoms with Crippen molar-refractivity contribution < 1.29 is 14.6 Å². The van der Waals surface area contributed by atoms with Crippen molar-refractivity contribution in [2.75, 3.05) is 33.4 Å². The fourth-order valence-corrected chi connectivity index (χ4v) is 1.85. The van der Waals surface area contributed by atoms with Crippen molar-refractivity contribution in [3.63, 3.8) is 0 Å². The third-order valence-electron chi connectivity index (χ3n) is 2.84. The van der Waals surface area contributed by atoms with E-state index in [0.717, 1.165) is 32.4 Å². The standard InChI is InChI=1S/C15H24ClNO3/c1-19-10-4-2-3-9-17-11-14(18)12-20-15-7-5-13(16)6-8-15/h5-8,14,17-18H,2-4,9-12H2,1H3. The number of hydrogen-bond acceptors (Lipinski definition) is 4. The van der Waals surface area contributed by atoms with Gasteiger partial charge < -0.3 is 19.9 Å². The van der Waals surface area contributed by atoms with Crippen molar-refractivity contribution in [2.24, 2.45) is 0 Å². The summed E-state index contributed by atoms with van der Waals surface area (Å²) in [4.78, 5) is 0. The summed E-state index contributed by atoms with van der Waals surface area (Å²) in [6.45, 7) is 2.54. The number of aliphatic hydroxyl groups excluding tert-OH is 1. The zero-order valence-corrected chi connectivity index (χ0v) is 12.7. The molecule has 0 spiro atoms. The van der Waals surface area contributed by atoms with Gasteiger partial charge in [-0.25, -0.2) is 0 Å². The van der Waals surface area contributed by atoms with Crippen LogP contribution in [0.15, 0.2) is 24.3 Å². The summed E-state index contributed by atoms with van der Waals surface area (Å²) in [6, 6.07) is 7.11. The lowest BCUT2D eigenvalue weighted by Crippen LogP contribution is -2.32. The van der Waals surface area contributed by atoms with Crippen molar-refractivity contribution in [1.82, 2.24) is 5.32 Å². The van der Waals surface area contributed by atoms with Crippen molar-refractivity contribution in [3.05, 3.63) is 29.3 Å². The SMILES string of the molecule is COCCCCCNCC(O)COc1ccc(Cl)cc1. The first-order chi connectivity index (χ1) is 9.72. The molecule has 0 aliphatic rings. The maximum Gasteiger partial charge on any atom is 0.119 e. The van der Waals surface area contributed by atoms with E-state index in [1.165, 1.54) is 0 Å². The summed E-state index contributed by atoms with van der Waals surface area (Å²) >= 11 is 5.78. The predicted octanol–water partition coefficient (Wildman–Crippen LogP) is 2.49. The van der Waals surface area contributed by atoms with Gasteiger partial charge in [-0.3, -0.25) is 0 Å². The molecule has 0 saturated heterocycles. The first kappa shape index (κ1) is 17.2. The van der Waals surface area contributed by atoms with Crippen molar-refractivity contribution in [2.45, 2.75) is 25.4 Å². The Morgan fingerprint density at radius 3 is 2.65 bits per heavy atom. The maximum absolute atomic E-state index is 9.77. The van der Waals surface area contributed by atoms with Gasteiger partial charge in [0.1, 0.15) is 18.5 Å². The van der Waals surface area contributed by atoms with Crippen LogP contribution in [-0.4, -0.2) is 44.6 Å². The summed E-state index contributed by atoms with van der Waals surface area (Å²) in [5, 5.41) is 13.7. The van der Waals surface area contributed by atoms with Gasteiger partial charge in [0.15, 0.2) is 0 Å². The quantitative estimate of drug-likeness (QED) is 0.617. The third kappa shape index (κ3) is 8.38. The van der Waals surface area contributed by atoms with E-state index in [9.17, 15) is 5.11 Å². The lowest BCUT2D eigenvalue weighted by atomic mass is 10.2. The Morgan fingerprint density at radius 1 is 1.20 bits per heavy atom. The number of aliphatic hydroxyl groups is 1. The molecule has 1 atom stereocenters. The molecule has 0 heterocycles. The van der Waals surface area contributed by atoms with Crippen LogP contribution in [-0.2, 0) is 4.74 Å². The van der Waals surface area contributed by atoms with Gasteiger partial charge in [0.2, 0.25) is 0 Å². The molecule has 0 amide bonds. The second-order valence-corrected chi connectivity index (χ2v) is 5.11. The van der Waals surface area contributed by atoms with Gasteiger partial charge in [-0.15, -0.1) is 0 Å². The molecule has 0 aliphatic carbocycles. The molecule has 4 nitrogen and oxygen atoms in total. The summed E-state index contributed by atoms with van der Waals surface area (Å²) in [7, 11) is 1.72. The van der Waals surface area contributed by atoms with Gasteiger partial charge in [0.05, 0.1) is 0 Å². The van der Waals surface area contributed by atoms with Crippen molar-refractivity contribution in [1.29, 1.82) is 0 Å². The van der Waals surface area contributed by atoms with Crippen LogP contribution in [0.3, 0.4) is 0 Å². The minimum absolute atomic E-state index is 0.276. The molecule has 0 radical (unpaired) electrons. The Kier molecular flexibility index (Phi) is 9.41. The molecule has 0 saturated carbocycles. The zero-order valence-electron chi connectivity index (χ0n) is 12.0. The summed E-state index contributed by atoms with van der Waals surface area (Å²) < 4.78 is 10.5. The molecule has 0 bridgehead atoms. The average molecular weight is 302 g/mol. The summed E-state index contributed by atoms with van der Waals surface area (Å²) in [5.41, 5.74) is 0. The van der Waals surface area contributed by atoms with Crippen LogP contribution in [0.25, 0.3) is 0 Å². The number of methoxy groups -OCH3 is 1. The molecule has 1 aromatic carbocycles. The molecular weight excluding hydrogens is 278 g/mol. The second-order valence-electron chi connectivity index (χ2n) is 4.68. The minimum Gasteiger partial charge on any atom is -0.491 e. The van der Waals surface area contributed by atoms with Crippen LogP contribution in [0.1, 0.15) is 19.3 Å². The first-order valence-corrected chi connectivity index (χ1v) is 7.36. The van der Waals surface area contributed by atoms with E-state index in [1.54, 1.807) is 31.4 Å². The fraction of sp³-hybridized carbons (Fsp3) is 0.600. The lowest BCUT2D eigenvalue weighted by Gasteiger charge is -2.13. The highest BCUT2D eigenvalue weighted by atomic mass is 35.5. The van der Waals surface area contributed by atoms with E-state index in [-0.39, 0.29) is 6.61 Å². The van der Waals surface area contributed by atoms with Crippen LogP contribution in [0, 0.1) is 0 Å². The van der Waals surface area contributed by atoms with E-state index >= 15 is 0 Å². The van der Waals surface area contributed by atoms with Gasteiger partial charge in [-0.2, -0.15) is 0 Å². The van der Waals surface area contributed by atoms with E-state index in [2.05, 4.69) is 5.32 Å². The van der Waals surface area contributed by atoms with Crippen LogP contribution in [0.2, 0.25) is 5.02 Å². The first-order valence-electron chi connectivity index (χ1n) is 6.98. The smallest absolute Gasteiger partial charge is 0.119 e. The molecule has 1 rings (SSSR count). The van der Waals surface area contributed by atoms with E-state index in [1.807, 2.05) is 0 Å². The van der Waals surface area contributed by atoms with Crippen molar-refractivity contribution in [3.8, 4) is 5.75 Å². The average Bonchev–Trinajstić information content (AvgIpc) is 2.46. The van der Waals surface area contributed by atoms with Gasteiger partial charge in [-0.1, -0.05) is 11.6 Å². The molecule has 0 fully saturated rings. The Balaban J connectivity index is 2.00. The minimum atomic E-state index is -0.510. The molecule has 20 heavy (non-hydrogen) atoms. The number of benzene rings is 1. The van der Waals surface area contributed by atoms with Gasteiger partial charge in [-0.05, 0) is 50.1 Å². The number of rotatable bonds is 11. The predicted molar refractivity (Wildman–Crippen MR) is 81.6 cm³/mol. The number of nitrogens with one attached hydrogen (secondary N) is 1. The molecule has 5 heteroatoms. The Hall–Kier alpha value is -0.810. The maximum atomic E-state index is 9.77. The molecule has 1 unspecified atom stereocenters. The number of ether oxygens (including phenoxy) is 2. The number of unbranched alkanes of at least 4 members (excludes halogenated alkanes) is 2. The molecule has 0 aromatic heterocycles. The fourth-order valence-electron chi connectivity index (χ4n) is 1.72. The van der Waals surface area contributed by atoms with Gasteiger partial charge in [0, 0.05) is 25.3 Å². The van der Waals surface area contributed by atoms with E-state index in [0.29, 0.717) is 17.3 Å². The molecule has 1 aromatic rings. The van der Waals surface area contributed by atoms with Crippen molar-refractivity contribution >= 4 is 11.6 Å². The van der Waals surface area contributed by atoms with Gasteiger partial charge in [0.25, 0.3) is 0 Å². The topological polar surface area (TPSA) is 50.7 Å². The van der Waals surface area contributed by atoms with E-state index in [4.69, 9.17) is 21.1 Å². The zero-order chi connectivity index (χ0) is 14.6.